The predicted octanol–water partition coefficient (Wildman–Crippen LogP) is 3.34. The zero-order valence-corrected chi connectivity index (χ0v) is 11.5. The Morgan fingerprint density at radius 2 is 1.94 bits per heavy atom. The maximum absolute atomic E-state index is 11.2. The van der Waals surface area contributed by atoms with Gasteiger partial charge in [0.2, 0.25) is 0 Å². The molecule has 4 heteroatoms. The summed E-state index contributed by atoms with van der Waals surface area (Å²) in [6.07, 6.45) is 2.02. The lowest BCUT2D eigenvalue weighted by Crippen LogP contribution is -2.31. The summed E-state index contributed by atoms with van der Waals surface area (Å²) in [4.78, 5) is 11.2. The van der Waals surface area contributed by atoms with Crippen molar-refractivity contribution < 1.29 is 9.90 Å². The molecule has 1 fully saturated rings. The second kappa shape index (κ2) is 4.69. The molecule has 1 aliphatic carbocycles. The van der Waals surface area contributed by atoms with Gasteiger partial charge in [-0.25, -0.2) is 4.79 Å². The zero-order chi connectivity index (χ0) is 12.6. The number of halogens is 1. The van der Waals surface area contributed by atoms with E-state index in [0.29, 0.717) is 0 Å². The van der Waals surface area contributed by atoms with Crippen LogP contribution in [0.15, 0.2) is 16.6 Å². The third kappa shape index (κ3) is 2.80. The molecule has 0 bridgehead atoms. The lowest BCUT2D eigenvalue weighted by Gasteiger charge is -2.19. The van der Waals surface area contributed by atoms with Crippen LogP contribution in [0.25, 0.3) is 0 Å². The molecule has 92 valence electrons. The summed E-state index contributed by atoms with van der Waals surface area (Å²) >= 11 is 3.44. The summed E-state index contributed by atoms with van der Waals surface area (Å²) in [6.45, 7) is 3.98. The van der Waals surface area contributed by atoms with E-state index in [1.807, 2.05) is 26.0 Å². The van der Waals surface area contributed by atoms with Crippen LogP contribution in [0.1, 0.15) is 24.0 Å². The van der Waals surface area contributed by atoms with Crippen molar-refractivity contribution in [3.8, 4) is 0 Å². The topological polar surface area (TPSA) is 49.3 Å². The van der Waals surface area contributed by atoms with E-state index in [-0.39, 0.29) is 5.92 Å². The van der Waals surface area contributed by atoms with Crippen LogP contribution in [0.4, 0.5) is 5.69 Å². The molecule has 1 aromatic rings. The molecular formula is C13H16BrNO2. The van der Waals surface area contributed by atoms with E-state index in [2.05, 4.69) is 21.2 Å². The molecule has 3 nitrogen and oxygen atoms in total. The van der Waals surface area contributed by atoms with Gasteiger partial charge in [0.1, 0.15) is 6.04 Å². The standard InChI is InChI=1S/C13H16BrNO2/c1-7-5-10(14)6-8(2)11(7)15-12(13(16)17)9-3-4-9/h5-6,9,12,15H,3-4H2,1-2H3,(H,16,17). The largest absolute Gasteiger partial charge is 0.480 e. The average Bonchev–Trinajstić information content (AvgIpc) is 2.99. The van der Waals surface area contributed by atoms with Gasteiger partial charge in [0.25, 0.3) is 0 Å². The van der Waals surface area contributed by atoms with Gasteiger partial charge in [0.15, 0.2) is 0 Å². The number of rotatable bonds is 4. The molecule has 17 heavy (non-hydrogen) atoms. The molecule has 0 heterocycles. The lowest BCUT2D eigenvalue weighted by atomic mass is 10.1. The summed E-state index contributed by atoms with van der Waals surface area (Å²) in [5.74, 6) is -0.468. The van der Waals surface area contributed by atoms with Gasteiger partial charge in [-0.05, 0) is 55.9 Å². The van der Waals surface area contributed by atoms with Crippen LogP contribution in [-0.4, -0.2) is 17.1 Å². The third-order valence-corrected chi connectivity index (χ3v) is 3.61. The van der Waals surface area contributed by atoms with Gasteiger partial charge in [-0.1, -0.05) is 15.9 Å². The monoisotopic (exact) mass is 297 g/mol. The molecule has 2 rings (SSSR count). The van der Waals surface area contributed by atoms with Crippen molar-refractivity contribution in [1.29, 1.82) is 0 Å². The van der Waals surface area contributed by atoms with Crippen LogP contribution in [0, 0.1) is 19.8 Å². The van der Waals surface area contributed by atoms with Gasteiger partial charge in [0, 0.05) is 10.2 Å². The minimum atomic E-state index is -0.755. The maximum Gasteiger partial charge on any atom is 0.326 e. The second-order valence-corrected chi connectivity index (χ2v) is 5.63. The fourth-order valence-electron chi connectivity index (χ4n) is 2.10. The summed E-state index contributed by atoms with van der Waals surface area (Å²) in [7, 11) is 0. The van der Waals surface area contributed by atoms with Crippen LogP contribution in [0.2, 0.25) is 0 Å². The first-order valence-electron chi connectivity index (χ1n) is 5.75. The van der Waals surface area contributed by atoms with E-state index in [0.717, 1.165) is 34.1 Å². The molecular weight excluding hydrogens is 282 g/mol. The Morgan fingerprint density at radius 3 is 2.35 bits per heavy atom. The average molecular weight is 298 g/mol. The van der Waals surface area contributed by atoms with Crippen molar-refractivity contribution in [3.63, 3.8) is 0 Å². The van der Waals surface area contributed by atoms with E-state index in [1.165, 1.54) is 0 Å². The van der Waals surface area contributed by atoms with Gasteiger partial charge in [-0.3, -0.25) is 0 Å². The molecule has 1 aromatic carbocycles. The number of hydrogen-bond acceptors (Lipinski definition) is 2. The fraction of sp³-hybridized carbons (Fsp3) is 0.462. The Hall–Kier alpha value is -1.03. The molecule has 2 N–H and O–H groups in total. The maximum atomic E-state index is 11.2. The Balaban J connectivity index is 2.25. The number of aliphatic carboxylic acids is 1. The van der Waals surface area contributed by atoms with Crippen molar-refractivity contribution in [3.05, 3.63) is 27.7 Å². The van der Waals surface area contributed by atoms with Gasteiger partial charge >= 0.3 is 5.97 Å². The Kier molecular flexibility index (Phi) is 3.43. The smallest absolute Gasteiger partial charge is 0.326 e. The van der Waals surface area contributed by atoms with Gasteiger partial charge in [0.05, 0.1) is 0 Å². The van der Waals surface area contributed by atoms with Crippen molar-refractivity contribution in [2.75, 3.05) is 5.32 Å². The summed E-state index contributed by atoms with van der Waals surface area (Å²) < 4.78 is 1.02. The van der Waals surface area contributed by atoms with Crippen molar-refractivity contribution in [2.45, 2.75) is 32.7 Å². The molecule has 0 aliphatic heterocycles. The van der Waals surface area contributed by atoms with Crippen LogP contribution in [0.3, 0.4) is 0 Å². The number of aryl methyl sites for hydroxylation is 2. The minimum Gasteiger partial charge on any atom is -0.480 e. The molecule has 1 unspecified atom stereocenters. The number of nitrogens with one attached hydrogen (secondary N) is 1. The second-order valence-electron chi connectivity index (χ2n) is 4.71. The van der Waals surface area contributed by atoms with Crippen molar-refractivity contribution in [2.24, 2.45) is 5.92 Å². The summed E-state index contributed by atoms with van der Waals surface area (Å²) in [5.41, 5.74) is 3.10. The first kappa shape index (κ1) is 12.4. The van der Waals surface area contributed by atoms with Crippen LogP contribution in [-0.2, 0) is 4.79 Å². The van der Waals surface area contributed by atoms with E-state index < -0.39 is 12.0 Å². The summed E-state index contributed by atoms with van der Waals surface area (Å²) in [6, 6.07) is 3.55. The quantitative estimate of drug-likeness (QED) is 0.896. The normalized spacial score (nSPS) is 16.6. The molecule has 0 amide bonds. The van der Waals surface area contributed by atoms with Crippen molar-refractivity contribution in [1.82, 2.24) is 0 Å². The number of carboxylic acids is 1. The first-order valence-corrected chi connectivity index (χ1v) is 6.54. The van der Waals surface area contributed by atoms with Crippen LogP contribution < -0.4 is 5.32 Å². The predicted molar refractivity (Wildman–Crippen MR) is 71.4 cm³/mol. The number of carbonyl (C=O) groups is 1. The SMILES string of the molecule is Cc1cc(Br)cc(C)c1NC(C(=O)O)C1CC1. The molecule has 1 atom stereocenters. The number of hydrogen-bond donors (Lipinski definition) is 2. The van der Waals surface area contributed by atoms with Crippen LogP contribution >= 0.6 is 15.9 Å². The summed E-state index contributed by atoms with van der Waals surface area (Å²) in [5, 5.41) is 12.4. The fourth-order valence-corrected chi connectivity index (χ4v) is 2.79. The Bertz CT molecular complexity index is 432. The van der Waals surface area contributed by atoms with Gasteiger partial charge in [-0.15, -0.1) is 0 Å². The number of anilines is 1. The van der Waals surface area contributed by atoms with E-state index >= 15 is 0 Å². The van der Waals surface area contributed by atoms with E-state index in [1.54, 1.807) is 0 Å². The highest BCUT2D eigenvalue weighted by atomic mass is 79.9. The Morgan fingerprint density at radius 1 is 1.41 bits per heavy atom. The zero-order valence-electron chi connectivity index (χ0n) is 9.96. The van der Waals surface area contributed by atoms with Crippen LogP contribution in [0.5, 0.6) is 0 Å². The van der Waals surface area contributed by atoms with Gasteiger partial charge < -0.3 is 10.4 Å². The number of carboxylic acid groups (broad SMARTS) is 1. The first-order chi connectivity index (χ1) is 7.99. The molecule has 1 saturated carbocycles. The van der Waals surface area contributed by atoms with E-state index in [9.17, 15) is 9.90 Å². The third-order valence-electron chi connectivity index (χ3n) is 3.16. The Labute approximate surface area is 109 Å². The molecule has 0 aromatic heterocycles. The molecule has 1 aliphatic rings. The van der Waals surface area contributed by atoms with Gasteiger partial charge in [-0.2, -0.15) is 0 Å². The highest BCUT2D eigenvalue weighted by Gasteiger charge is 2.36. The van der Waals surface area contributed by atoms with E-state index in [4.69, 9.17) is 0 Å². The molecule has 0 saturated heterocycles. The molecule has 0 radical (unpaired) electrons. The minimum absolute atomic E-state index is 0.287. The number of benzene rings is 1. The highest BCUT2D eigenvalue weighted by Crippen LogP contribution is 2.36. The lowest BCUT2D eigenvalue weighted by molar-refractivity contribution is -0.138. The van der Waals surface area contributed by atoms with Crippen molar-refractivity contribution >= 4 is 27.6 Å². The highest BCUT2D eigenvalue weighted by molar-refractivity contribution is 9.10. The molecule has 0 spiro atoms.